The zero-order valence-electron chi connectivity index (χ0n) is 11.6. The van der Waals surface area contributed by atoms with Gasteiger partial charge in [0.05, 0.1) is 24.4 Å². The summed E-state index contributed by atoms with van der Waals surface area (Å²) < 4.78 is 5.21. The highest BCUT2D eigenvalue weighted by atomic mass is 32.1. The van der Waals surface area contributed by atoms with E-state index < -0.39 is 0 Å². The van der Waals surface area contributed by atoms with Crippen LogP contribution < -0.4 is 10.1 Å². The maximum Gasteiger partial charge on any atom is 0.118 e. The molecule has 19 heavy (non-hydrogen) atoms. The summed E-state index contributed by atoms with van der Waals surface area (Å²) >= 11 is 1.71. The van der Waals surface area contributed by atoms with Crippen molar-refractivity contribution in [3.63, 3.8) is 0 Å². The molecule has 1 aromatic heterocycles. The summed E-state index contributed by atoms with van der Waals surface area (Å²) in [6.45, 7) is 5.24. The Hall–Kier alpha value is -1.39. The topological polar surface area (TPSA) is 34.1 Å². The number of thiazole rings is 1. The molecule has 1 atom stereocenters. The quantitative estimate of drug-likeness (QED) is 0.876. The van der Waals surface area contributed by atoms with Crippen molar-refractivity contribution in [2.24, 2.45) is 0 Å². The first kappa shape index (κ1) is 14.0. The van der Waals surface area contributed by atoms with E-state index in [9.17, 15) is 0 Å². The minimum absolute atomic E-state index is 0.221. The van der Waals surface area contributed by atoms with E-state index in [2.05, 4.69) is 36.3 Å². The first-order chi connectivity index (χ1) is 9.26. The smallest absolute Gasteiger partial charge is 0.118 e. The van der Waals surface area contributed by atoms with E-state index in [1.54, 1.807) is 18.4 Å². The number of nitrogens with one attached hydrogen (secondary N) is 1. The zero-order valence-corrected chi connectivity index (χ0v) is 12.5. The summed E-state index contributed by atoms with van der Waals surface area (Å²) in [6, 6.07) is 8.47. The molecule has 0 aliphatic heterocycles. The average molecular weight is 276 g/mol. The molecule has 4 heteroatoms. The van der Waals surface area contributed by atoms with Crippen molar-refractivity contribution in [1.82, 2.24) is 10.3 Å². The molecule has 1 heterocycles. The number of aromatic nitrogens is 1. The molecule has 0 saturated carbocycles. The Morgan fingerprint density at radius 3 is 2.58 bits per heavy atom. The number of benzene rings is 1. The lowest BCUT2D eigenvalue weighted by atomic mass is 10.0. The maximum absolute atomic E-state index is 5.21. The summed E-state index contributed by atoms with van der Waals surface area (Å²) in [7, 11) is 1.69. The monoisotopic (exact) mass is 276 g/mol. The van der Waals surface area contributed by atoms with Crippen LogP contribution in [0.3, 0.4) is 0 Å². The molecule has 0 amide bonds. The number of hydrogen-bond acceptors (Lipinski definition) is 4. The summed E-state index contributed by atoms with van der Waals surface area (Å²) in [5, 5.41) is 3.60. The Morgan fingerprint density at radius 1 is 1.32 bits per heavy atom. The van der Waals surface area contributed by atoms with Crippen LogP contribution in [0.1, 0.15) is 35.5 Å². The molecule has 0 aliphatic carbocycles. The molecule has 1 N–H and O–H groups in total. The number of nitrogens with zero attached hydrogens (tertiary/aromatic N) is 1. The van der Waals surface area contributed by atoms with Crippen LogP contribution in [0.2, 0.25) is 0 Å². The lowest BCUT2D eigenvalue weighted by Gasteiger charge is -2.18. The van der Waals surface area contributed by atoms with Gasteiger partial charge in [-0.15, -0.1) is 11.3 Å². The molecule has 2 rings (SSSR count). The summed E-state index contributed by atoms with van der Waals surface area (Å²) in [6.07, 6.45) is 1.12. The molecule has 1 aromatic carbocycles. The molecule has 0 fully saturated rings. The number of methoxy groups -OCH3 is 1. The predicted molar refractivity (Wildman–Crippen MR) is 80.0 cm³/mol. The van der Waals surface area contributed by atoms with Gasteiger partial charge >= 0.3 is 0 Å². The molecule has 2 aromatic rings. The van der Waals surface area contributed by atoms with Crippen molar-refractivity contribution in [2.45, 2.75) is 26.3 Å². The molecule has 0 bridgehead atoms. The predicted octanol–water partition coefficient (Wildman–Crippen LogP) is 3.55. The van der Waals surface area contributed by atoms with Crippen LogP contribution >= 0.6 is 11.3 Å². The van der Waals surface area contributed by atoms with Crippen LogP contribution in [-0.4, -0.2) is 18.6 Å². The number of hydrogen-bond donors (Lipinski definition) is 1. The van der Waals surface area contributed by atoms with Crippen molar-refractivity contribution in [3.8, 4) is 5.75 Å². The van der Waals surface area contributed by atoms with Gasteiger partial charge in [-0.3, -0.25) is 0 Å². The second-order valence-corrected chi connectivity index (χ2v) is 5.35. The van der Waals surface area contributed by atoms with Gasteiger partial charge in [0.2, 0.25) is 0 Å². The van der Waals surface area contributed by atoms with Crippen molar-refractivity contribution in [2.75, 3.05) is 13.7 Å². The molecular formula is C15H20N2OS. The molecule has 0 aliphatic rings. The van der Waals surface area contributed by atoms with Crippen LogP contribution in [-0.2, 0) is 0 Å². The van der Waals surface area contributed by atoms with E-state index in [1.807, 2.05) is 17.6 Å². The summed E-state index contributed by atoms with van der Waals surface area (Å²) in [4.78, 5) is 5.65. The van der Waals surface area contributed by atoms with Gasteiger partial charge in [0.25, 0.3) is 0 Å². The molecule has 102 valence electrons. The SMILES string of the molecule is CCCNC(c1ccc(OC)cc1)c1scnc1C. The molecule has 0 spiro atoms. The Labute approximate surface area is 118 Å². The van der Waals surface area contributed by atoms with E-state index in [-0.39, 0.29) is 6.04 Å². The van der Waals surface area contributed by atoms with Gasteiger partial charge in [0.15, 0.2) is 0 Å². The van der Waals surface area contributed by atoms with E-state index in [0.29, 0.717) is 0 Å². The largest absolute Gasteiger partial charge is 0.497 e. The highest BCUT2D eigenvalue weighted by Crippen LogP contribution is 2.29. The van der Waals surface area contributed by atoms with Crippen molar-refractivity contribution in [3.05, 3.63) is 45.9 Å². The van der Waals surface area contributed by atoms with Gasteiger partial charge in [-0.1, -0.05) is 19.1 Å². The number of rotatable bonds is 6. The normalized spacial score (nSPS) is 12.4. The van der Waals surface area contributed by atoms with Gasteiger partial charge in [-0.25, -0.2) is 4.98 Å². The second-order valence-electron chi connectivity index (χ2n) is 4.46. The van der Waals surface area contributed by atoms with E-state index in [0.717, 1.165) is 24.4 Å². The third-order valence-corrected chi connectivity index (χ3v) is 4.09. The first-order valence-electron chi connectivity index (χ1n) is 6.53. The maximum atomic E-state index is 5.21. The second kappa shape index (κ2) is 6.68. The first-order valence-corrected chi connectivity index (χ1v) is 7.41. The minimum Gasteiger partial charge on any atom is -0.497 e. The van der Waals surface area contributed by atoms with Gasteiger partial charge in [0.1, 0.15) is 5.75 Å². The van der Waals surface area contributed by atoms with Gasteiger partial charge < -0.3 is 10.1 Å². The van der Waals surface area contributed by atoms with Crippen LogP contribution in [0.5, 0.6) is 5.75 Å². The average Bonchev–Trinajstić information content (AvgIpc) is 2.86. The lowest BCUT2D eigenvalue weighted by Crippen LogP contribution is -2.23. The standard InChI is InChI=1S/C15H20N2OS/c1-4-9-16-14(15-11(2)17-10-19-15)12-5-7-13(18-3)8-6-12/h5-8,10,14,16H,4,9H2,1-3H3. The van der Waals surface area contributed by atoms with Crippen molar-refractivity contribution >= 4 is 11.3 Å². The Bertz CT molecular complexity index is 507. The third-order valence-electron chi connectivity index (χ3n) is 3.09. The Morgan fingerprint density at radius 2 is 2.05 bits per heavy atom. The molecule has 0 saturated heterocycles. The molecular weight excluding hydrogens is 256 g/mol. The van der Waals surface area contributed by atoms with Gasteiger partial charge in [0, 0.05) is 4.88 Å². The van der Waals surface area contributed by atoms with Crippen LogP contribution in [0.15, 0.2) is 29.8 Å². The zero-order chi connectivity index (χ0) is 13.7. The van der Waals surface area contributed by atoms with Gasteiger partial charge in [-0.05, 0) is 37.6 Å². The van der Waals surface area contributed by atoms with Crippen LogP contribution in [0.25, 0.3) is 0 Å². The molecule has 0 radical (unpaired) electrons. The molecule has 3 nitrogen and oxygen atoms in total. The van der Waals surface area contributed by atoms with E-state index in [1.165, 1.54) is 10.4 Å². The van der Waals surface area contributed by atoms with Crippen molar-refractivity contribution < 1.29 is 4.74 Å². The molecule has 1 unspecified atom stereocenters. The summed E-state index contributed by atoms with van der Waals surface area (Å²) in [5.41, 5.74) is 4.27. The Balaban J connectivity index is 2.28. The van der Waals surface area contributed by atoms with E-state index in [4.69, 9.17) is 4.74 Å². The van der Waals surface area contributed by atoms with Crippen LogP contribution in [0, 0.1) is 6.92 Å². The highest BCUT2D eigenvalue weighted by Gasteiger charge is 2.17. The fourth-order valence-corrected chi connectivity index (χ4v) is 2.94. The Kier molecular flexibility index (Phi) is 4.93. The van der Waals surface area contributed by atoms with Gasteiger partial charge in [-0.2, -0.15) is 0 Å². The number of aryl methyl sites for hydroxylation is 1. The fourth-order valence-electron chi connectivity index (χ4n) is 2.03. The fraction of sp³-hybridized carbons (Fsp3) is 0.400. The van der Waals surface area contributed by atoms with Crippen molar-refractivity contribution in [1.29, 1.82) is 0 Å². The third kappa shape index (κ3) is 3.33. The highest BCUT2D eigenvalue weighted by molar-refractivity contribution is 7.09. The van der Waals surface area contributed by atoms with Crippen LogP contribution in [0.4, 0.5) is 0 Å². The number of ether oxygens (including phenoxy) is 1. The lowest BCUT2D eigenvalue weighted by molar-refractivity contribution is 0.414. The van der Waals surface area contributed by atoms with E-state index >= 15 is 0 Å². The minimum atomic E-state index is 0.221. The summed E-state index contributed by atoms with van der Waals surface area (Å²) in [5.74, 6) is 0.888.